The van der Waals surface area contributed by atoms with Crippen LogP contribution < -0.4 is 5.73 Å². The van der Waals surface area contributed by atoms with Crippen LogP contribution in [0.2, 0.25) is 6.32 Å². The number of tetrazole rings is 1. The van der Waals surface area contributed by atoms with Crippen LogP contribution in [0, 0.1) is 0 Å². The molecule has 1 aliphatic heterocycles. The second-order valence-electron chi connectivity index (χ2n) is 5.56. The van der Waals surface area contributed by atoms with Gasteiger partial charge in [-0.2, -0.15) is 0 Å². The largest absolute Gasteiger partial charge is 0.451 e. The molecule has 1 unspecified atom stereocenters. The van der Waals surface area contributed by atoms with E-state index in [0.29, 0.717) is 51.3 Å². The van der Waals surface area contributed by atoms with E-state index in [1.807, 2.05) is 0 Å². The Labute approximate surface area is 134 Å². The standard InChI is InChI=1S/C12H23BN6O4/c14-10(3-1-2-4-13(21)22)12-15-16-17-19(12)9-11(20)18-5-7-23-8-6-18/h10,21-22H,1-9,14H2. The first-order chi connectivity index (χ1) is 11.1. The molecule has 4 N–H and O–H groups in total. The van der Waals surface area contributed by atoms with E-state index in [-0.39, 0.29) is 12.5 Å². The minimum Gasteiger partial charge on any atom is -0.427 e. The van der Waals surface area contributed by atoms with Crippen LogP contribution in [0.15, 0.2) is 0 Å². The Hall–Kier alpha value is -1.56. The lowest BCUT2D eigenvalue weighted by Gasteiger charge is -2.26. The van der Waals surface area contributed by atoms with Crippen LogP contribution in [0.3, 0.4) is 0 Å². The molecule has 0 bridgehead atoms. The van der Waals surface area contributed by atoms with Crippen molar-refractivity contribution >= 4 is 13.0 Å². The number of ether oxygens (including phenoxy) is 1. The van der Waals surface area contributed by atoms with Gasteiger partial charge in [-0.1, -0.05) is 12.8 Å². The van der Waals surface area contributed by atoms with Gasteiger partial charge in [0.15, 0.2) is 5.82 Å². The normalized spacial score (nSPS) is 16.4. The van der Waals surface area contributed by atoms with Crippen molar-refractivity contribution < 1.29 is 19.6 Å². The number of hydrogen-bond acceptors (Lipinski definition) is 8. The number of morpholine rings is 1. The highest BCUT2D eigenvalue weighted by atomic mass is 16.5. The summed E-state index contributed by atoms with van der Waals surface area (Å²) < 4.78 is 6.66. The van der Waals surface area contributed by atoms with E-state index < -0.39 is 13.2 Å². The zero-order chi connectivity index (χ0) is 16.7. The Morgan fingerprint density at radius 2 is 2.09 bits per heavy atom. The molecule has 0 aromatic carbocycles. The summed E-state index contributed by atoms with van der Waals surface area (Å²) in [6, 6.07) is -0.390. The monoisotopic (exact) mass is 326 g/mol. The molecule has 2 heterocycles. The van der Waals surface area contributed by atoms with Gasteiger partial charge >= 0.3 is 7.12 Å². The Bertz CT molecular complexity index is 494. The van der Waals surface area contributed by atoms with Gasteiger partial charge in [0.2, 0.25) is 5.91 Å². The molecule has 1 fully saturated rings. The fourth-order valence-corrected chi connectivity index (χ4v) is 2.45. The Kier molecular flexibility index (Phi) is 6.90. The van der Waals surface area contributed by atoms with Crippen LogP contribution >= 0.6 is 0 Å². The molecule has 0 aliphatic carbocycles. The molecule has 0 saturated carbocycles. The van der Waals surface area contributed by atoms with E-state index in [9.17, 15) is 4.79 Å². The van der Waals surface area contributed by atoms with Crippen LogP contribution in [-0.2, 0) is 16.1 Å². The van der Waals surface area contributed by atoms with Crippen molar-refractivity contribution in [3.8, 4) is 0 Å². The van der Waals surface area contributed by atoms with Crippen LogP contribution in [0.1, 0.15) is 31.1 Å². The number of carbonyl (C=O) groups is 1. The fraction of sp³-hybridized carbons (Fsp3) is 0.833. The maximum Gasteiger partial charge on any atom is 0.451 e. The highest BCUT2D eigenvalue weighted by Gasteiger charge is 2.21. The van der Waals surface area contributed by atoms with Crippen LogP contribution in [-0.4, -0.2) is 74.5 Å². The number of aromatic nitrogens is 4. The summed E-state index contributed by atoms with van der Waals surface area (Å²) in [7, 11) is -1.29. The van der Waals surface area contributed by atoms with Crippen LogP contribution in [0.25, 0.3) is 0 Å². The van der Waals surface area contributed by atoms with Gasteiger partial charge in [-0.25, -0.2) is 4.68 Å². The molecule has 1 aliphatic rings. The van der Waals surface area contributed by atoms with Crippen molar-refractivity contribution in [3.63, 3.8) is 0 Å². The zero-order valence-electron chi connectivity index (χ0n) is 13.0. The zero-order valence-corrected chi connectivity index (χ0v) is 13.0. The van der Waals surface area contributed by atoms with Gasteiger partial charge in [-0.3, -0.25) is 4.79 Å². The molecule has 128 valence electrons. The van der Waals surface area contributed by atoms with Gasteiger partial charge in [-0.05, 0) is 23.2 Å². The number of unbranched alkanes of at least 4 members (excludes halogenated alkanes) is 1. The summed E-state index contributed by atoms with van der Waals surface area (Å²) in [5.74, 6) is 0.411. The van der Waals surface area contributed by atoms with Gasteiger partial charge in [0.1, 0.15) is 6.54 Å². The molecule has 0 radical (unpaired) electrons. The van der Waals surface area contributed by atoms with E-state index in [2.05, 4.69) is 15.5 Å². The van der Waals surface area contributed by atoms with E-state index in [1.54, 1.807) is 4.90 Å². The van der Waals surface area contributed by atoms with Crippen molar-refractivity contribution in [1.29, 1.82) is 0 Å². The first kappa shape index (κ1) is 17.8. The Morgan fingerprint density at radius 3 is 2.78 bits per heavy atom. The molecule has 1 saturated heterocycles. The maximum absolute atomic E-state index is 12.2. The molecule has 11 heteroatoms. The number of nitrogens with two attached hydrogens (primary N) is 1. The third kappa shape index (κ3) is 5.54. The average Bonchev–Trinajstić information content (AvgIpc) is 3.00. The average molecular weight is 326 g/mol. The van der Waals surface area contributed by atoms with Gasteiger partial charge in [0.05, 0.1) is 19.3 Å². The minimum absolute atomic E-state index is 0.0579. The smallest absolute Gasteiger partial charge is 0.427 e. The van der Waals surface area contributed by atoms with Crippen LogP contribution in [0.4, 0.5) is 0 Å². The Morgan fingerprint density at radius 1 is 1.35 bits per heavy atom. The third-order valence-electron chi connectivity index (χ3n) is 3.77. The SMILES string of the molecule is NC(CCCCB(O)O)c1nnnn1CC(=O)N1CCOCC1. The Balaban J connectivity index is 1.84. The van der Waals surface area contributed by atoms with Gasteiger partial charge in [0, 0.05) is 13.1 Å². The predicted octanol–water partition coefficient (Wildman–Crippen LogP) is -1.83. The summed E-state index contributed by atoms with van der Waals surface area (Å²) in [6.07, 6.45) is 2.30. The van der Waals surface area contributed by atoms with E-state index in [4.69, 9.17) is 20.5 Å². The number of hydrogen-bond donors (Lipinski definition) is 3. The number of rotatable bonds is 8. The summed E-state index contributed by atoms with van der Waals surface area (Å²) >= 11 is 0. The van der Waals surface area contributed by atoms with Crippen molar-refractivity contribution in [2.75, 3.05) is 26.3 Å². The fourth-order valence-electron chi connectivity index (χ4n) is 2.45. The van der Waals surface area contributed by atoms with E-state index in [0.717, 1.165) is 6.42 Å². The van der Waals surface area contributed by atoms with Crippen molar-refractivity contribution in [1.82, 2.24) is 25.1 Å². The quantitative estimate of drug-likeness (QED) is 0.374. The molecule has 1 amide bonds. The molecule has 2 rings (SSSR count). The van der Waals surface area contributed by atoms with E-state index >= 15 is 0 Å². The predicted molar refractivity (Wildman–Crippen MR) is 81.0 cm³/mol. The highest BCUT2D eigenvalue weighted by molar-refractivity contribution is 6.40. The molecular formula is C12H23BN6O4. The van der Waals surface area contributed by atoms with Crippen molar-refractivity contribution in [3.05, 3.63) is 5.82 Å². The van der Waals surface area contributed by atoms with Gasteiger partial charge in [0.25, 0.3) is 0 Å². The number of amides is 1. The third-order valence-corrected chi connectivity index (χ3v) is 3.77. The number of carbonyl (C=O) groups excluding carboxylic acids is 1. The molecule has 0 spiro atoms. The first-order valence-electron chi connectivity index (χ1n) is 7.81. The maximum atomic E-state index is 12.2. The summed E-state index contributed by atoms with van der Waals surface area (Å²) in [6.45, 7) is 2.30. The molecule has 1 aromatic rings. The number of nitrogens with zero attached hydrogens (tertiary/aromatic N) is 5. The summed E-state index contributed by atoms with van der Waals surface area (Å²) in [5, 5.41) is 29.0. The van der Waals surface area contributed by atoms with Crippen LogP contribution in [0.5, 0.6) is 0 Å². The molecule has 10 nitrogen and oxygen atoms in total. The highest BCUT2D eigenvalue weighted by Crippen LogP contribution is 2.15. The molecular weight excluding hydrogens is 303 g/mol. The molecule has 23 heavy (non-hydrogen) atoms. The van der Waals surface area contributed by atoms with E-state index in [1.165, 1.54) is 4.68 Å². The topological polar surface area (TPSA) is 140 Å². The second-order valence-corrected chi connectivity index (χ2v) is 5.56. The lowest BCUT2D eigenvalue weighted by molar-refractivity contribution is -0.136. The lowest BCUT2D eigenvalue weighted by Crippen LogP contribution is -2.42. The van der Waals surface area contributed by atoms with Crippen molar-refractivity contribution in [2.45, 2.75) is 38.2 Å². The summed E-state index contributed by atoms with van der Waals surface area (Å²) in [4.78, 5) is 14.0. The molecule has 1 atom stereocenters. The minimum atomic E-state index is -1.29. The lowest BCUT2D eigenvalue weighted by atomic mass is 9.83. The second kappa shape index (κ2) is 8.92. The van der Waals surface area contributed by atoms with Gasteiger partial charge < -0.3 is 25.4 Å². The first-order valence-corrected chi connectivity index (χ1v) is 7.81. The van der Waals surface area contributed by atoms with Gasteiger partial charge in [-0.15, -0.1) is 5.10 Å². The molecule has 1 aromatic heterocycles. The van der Waals surface area contributed by atoms with Crippen molar-refractivity contribution in [2.24, 2.45) is 5.73 Å². The summed E-state index contributed by atoms with van der Waals surface area (Å²) in [5.41, 5.74) is 6.08.